The largest absolute Gasteiger partial charge is 0.323 e. The lowest BCUT2D eigenvalue weighted by molar-refractivity contribution is 0.262. The highest BCUT2D eigenvalue weighted by Crippen LogP contribution is 2.32. The van der Waals surface area contributed by atoms with Crippen LogP contribution in [0.15, 0.2) is 60.7 Å². The van der Waals surface area contributed by atoms with Crippen molar-refractivity contribution >= 4 is 39.0 Å². The van der Waals surface area contributed by atoms with Crippen molar-refractivity contribution in [2.24, 2.45) is 0 Å². The Morgan fingerprint density at radius 2 is 1.54 bits per heavy atom. The molecule has 0 saturated carbocycles. The average Bonchev–Trinajstić information content (AvgIpc) is 3.10. The molecule has 2 N–H and O–H groups in total. The monoisotopic (exact) mass is 387 g/mol. The molecule has 0 aliphatic heterocycles. The Labute approximate surface area is 168 Å². The highest BCUT2D eigenvalue weighted by atomic mass is 32.1. The van der Waals surface area contributed by atoms with Crippen molar-refractivity contribution in [2.45, 2.75) is 20.8 Å². The van der Waals surface area contributed by atoms with E-state index in [2.05, 4.69) is 22.8 Å². The average molecular weight is 388 g/mol. The van der Waals surface area contributed by atoms with Gasteiger partial charge in [-0.3, -0.25) is 0 Å². The number of urea groups is 1. The number of hydrogen-bond donors (Lipinski definition) is 2. The standard InChI is InChI=1S/C23H21N3OS/c1-14-8-10-18(15(2)12-14)25-23(27)26-19-11-9-17(13-16(19)3)22-24-20-6-4-5-7-21(20)28-22/h4-13H,1-3H3,(H2,25,26,27). The first-order valence-electron chi connectivity index (χ1n) is 9.11. The van der Waals surface area contributed by atoms with Crippen LogP contribution in [0.1, 0.15) is 16.7 Å². The van der Waals surface area contributed by atoms with Gasteiger partial charge in [0, 0.05) is 16.9 Å². The highest BCUT2D eigenvalue weighted by Gasteiger charge is 2.10. The SMILES string of the molecule is Cc1ccc(NC(=O)Nc2ccc(-c3nc4ccccc4s3)cc2C)c(C)c1. The van der Waals surface area contributed by atoms with E-state index >= 15 is 0 Å². The van der Waals surface area contributed by atoms with E-state index in [1.807, 2.05) is 69.3 Å². The van der Waals surface area contributed by atoms with Gasteiger partial charge in [-0.25, -0.2) is 9.78 Å². The van der Waals surface area contributed by atoms with E-state index in [-0.39, 0.29) is 6.03 Å². The van der Waals surface area contributed by atoms with Crippen LogP contribution in [0.25, 0.3) is 20.8 Å². The molecule has 0 radical (unpaired) electrons. The Kier molecular flexibility index (Phi) is 4.84. The maximum atomic E-state index is 12.4. The van der Waals surface area contributed by atoms with Gasteiger partial charge in [-0.05, 0) is 68.3 Å². The fourth-order valence-electron chi connectivity index (χ4n) is 3.16. The van der Waals surface area contributed by atoms with E-state index in [9.17, 15) is 4.79 Å². The fourth-order valence-corrected chi connectivity index (χ4v) is 4.12. The number of benzene rings is 3. The smallest absolute Gasteiger partial charge is 0.307 e. The first-order valence-corrected chi connectivity index (χ1v) is 9.93. The molecular weight excluding hydrogens is 366 g/mol. The number of aryl methyl sites for hydroxylation is 3. The lowest BCUT2D eigenvalue weighted by Gasteiger charge is -2.12. The van der Waals surface area contributed by atoms with Gasteiger partial charge in [-0.15, -0.1) is 11.3 Å². The van der Waals surface area contributed by atoms with Gasteiger partial charge in [-0.1, -0.05) is 29.8 Å². The highest BCUT2D eigenvalue weighted by molar-refractivity contribution is 7.21. The summed E-state index contributed by atoms with van der Waals surface area (Å²) in [6.45, 7) is 6.01. The topological polar surface area (TPSA) is 54.0 Å². The third-order valence-electron chi connectivity index (χ3n) is 4.65. The molecule has 1 aromatic heterocycles. The number of carbonyl (C=O) groups is 1. The molecule has 0 aliphatic rings. The van der Waals surface area contributed by atoms with E-state index < -0.39 is 0 Å². The van der Waals surface area contributed by atoms with Crippen LogP contribution in [0.3, 0.4) is 0 Å². The van der Waals surface area contributed by atoms with Crippen LogP contribution < -0.4 is 10.6 Å². The summed E-state index contributed by atoms with van der Waals surface area (Å²) in [4.78, 5) is 17.1. The van der Waals surface area contributed by atoms with Crippen molar-refractivity contribution in [1.29, 1.82) is 0 Å². The lowest BCUT2D eigenvalue weighted by atomic mass is 10.1. The summed E-state index contributed by atoms with van der Waals surface area (Å²) < 4.78 is 1.17. The zero-order valence-corrected chi connectivity index (χ0v) is 16.9. The van der Waals surface area contributed by atoms with Gasteiger partial charge in [0.1, 0.15) is 5.01 Å². The van der Waals surface area contributed by atoms with Gasteiger partial charge in [-0.2, -0.15) is 0 Å². The molecule has 0 saturated heterocycles. The summed E-state index contributed by atoms with van der Waals surface area (Å²) in [5.74, 6) is 0. The molecule has 28 heavy (non-hydrogen) atoms. The van der Waals surface area contributed by atoms with E-state index in [4.69, 9.17) is 4.98 Å². The Morgan fingerprint density at radius 1 is 0.857 bits per heavy atom. The zero-order chi connectivity index (χ0) is 19.7. The number of aromatic nitrogens is 1. The van der Waals surface area contributed by atoms with E-state index in [1.54, 1.807) is 11.3 Å². The van der Waals surface area contributed by atoms with E-state index in [0.717, 1.165) is 38.6 Å². The predicted molar refractivity (Wildman–Crippen MR) is 118 cm³/mol. The van der Waals surface area contributed by atoms with Crippen LogP contribution in [-0.2, 0) is 0 Å². The summed E-state index contributed by atoms with van der Waals surface area (Å²) in [6, 6.07) is 19.8. The van der Waals surface area contributed by atoms with Gasteiger partial charge in [0.15, 0.2) is 0 Å². The first kappa shape index (κ1) is 18.2. The molecule has 5 heteroatoms. The molecule has 140 valence electrons. The minimum Gasteiger partial charge on any atom is -0.307 e. The fraction of sp³-hybridized carbons (Fsp3) is 0.130. The summed E-state index contributed by atoms with van der Waals surface area (Å²) >= 11 is 1.67. The van der Waals surface area contributed by atoms with Gasteiger partial charge in [0.05, 0.1) is 10.2 Å². The zero-order valence-electron chi connectivity index (χ0n) is 16.0. The molecule has 0 spiro atoms. The number of thiazole rings is 1. The summed E-state index contributed by atoms with van der Waals surface area (Å²) in [6.07, 6.45) is 0. The molecule has 0 fully saturated rings. The molecule has 0 bridgehead atoms. The minimum atomic E-state index is -0.247. The summed E-state index contributed by atoms with van der Waals surface area (Å²) in [5.41, 5.74) is 6.86. The Balaban J connectivity index is 1.52. The summed E-state index contributed by atoms with van der Waals surface area (Å²) in [5, 5.41) is 6.84. The van der Waals surface area contributed by atoms with Crippen molar-refractivity contribution in [2.75, 3.05) is 10.6 Å². The molecule has 3 aromatic carbocycles. The quantitative estimate of drug-likeness (QED) is 0.420. The van der Waals surface area contributed by atoms with Crippen LogP contribution in [-0.4, -0.2) is 11.0 Å². The summed E-state index contributed by atoms with van der Waals surface area (Å²) in [7, 11) is 0. The molecular formula is C23H21N3OS. The maximum absolute atomic E-state index is 12.4. The number of nitrogens with zero attached hydrogens (tertiary/aromatic N) is 1. The van der Waals surface area contributed by atoms with Crippen LogP contribution in [0.4, 0.5) is 16.2 Å². The molecule has 0 atom stereocenters. The van der Waals surface area contributed by atoms with Crippen molar-refractivity contribution < 1.29 is 4.79 Å². The third kappa shape index (κ3) is 3.75. The molecule has 4 rings (SSSR count). The number of hydrogen-bond acceptors (Lipinski definition) is 3. The Hall–Kier alpha value is -3.18. The number of fused-ring (bicyclic) bond motifs is 1. The van der Waals surface area contributed by atoms with E-state index in [1.165, 1.54) is 10.3 Å². The second-order valence-corrected chi connectivity index (χ2v) is 7.94. The van der Waals surface area contributed by atoms with Crippen LogP contribution in [0.5, 0.6) is 0 Å². The number of para-hydroxylation sites is 1. The van der Waals surface area contributed by atoms with Gasteiger partial charge in [0.25, 0.3) is 0 Å². The number of anilines is 2. The second kappa shape index (κ2) is 7.44. The lowest BCUT2D eigenvalue weighted by Crippen LogP contribution is -2.20. The van der Waals surface area contributed by atoms with Crippen molar-refractivity contribution in [3.63, 3.8) is 0 Å². The molecule has 1 heterocycles. The molecule has 4 aromatic rings. The second-order valence-electron chi connectivity index (χ2n) is 6.91. The number of amides is 2. The van der Waals surface area contributed by atoms with Crippen LogP contribution >= 0.6 is 11.3 Å². The molecule has 0 aliphatic carbocycles. The Bertz CT molecular complexity index is 1150. The number of rotatable bonds is 3. The number of carbonyl (C=O) groups excluding carboxylic acids is 1. The van der Waals surface area contributed by atoms with Crippen LogP contribution in [0, 0.1) is 20.8 Å². The predicted octanol–water partition coefficient (Wildman–Crippen LogP) is 6.53. The Morgan fingerprint density at radius 3 is 2.21 bits per heavy atom. The minimum absolute atomic E-state index is 0.247. The maximum Gasteiger partial charge on any atom is 0.323 e. The normalized spacial score (nSPS) is 10.8. The molecule has 2 amide bonds. The number of nitrogens with one attached hydrogen (secondary N) is 2. The van der Waals surface area contributed by atoms with Crippen molar-refractivity contribution in [1.82, 2.24) is 4.98 Å². The molecule has 4 nitrogen and oxygen atoms in total. The molecule has 0 unspecified atom stereocenters. The van der Waals surface area contributed by atoms with Crippen molar-refractivity contribution in [3.05, 3.63) is 77.4 Å². The third-order valence-corrected chi connectivity index (χ3v) is 5.73. The van der Waals surface area contributed by atoms with Gasteiger partial charge >= 0.3 is 6.03 Å². The van der Waals surface area contributed by atoms with Crippen LogP contribution in [0.2, 0.25) is 0 Å². The van der Waals surface area contributed by atoms with Gasteiger partial charge in [0.2, 0.25) is 0 Å². The van der Waals surface area contributed by atoms with Crippen molar-refractivity contribution in [3.8, 4) is 10.6 Å². The first-order chi connectivity index (χ1) is 13.5. The van der Waals surface area contributed by atoms with E-state index in [0.29, 0.717) is 0 Å². The van der Waals surface area contributed by atoms with Gasteiger partial charge < -0.3 is 10.6 Å².